The molecule has 0 amide bonds. The molecular formula is C26H21ClO6. The molecule has 0 aliphatic heterocycles. The van der Waals surface area contributed by atoms with Crippen molar-refractivity contribution in [1.29, 1.82) is 0 Å². The standard InChI is InChI=1S/C26H21ClO6/c1-15(23(28)16-7-5-4-6-8-16)32-26-24(29)19-14-18(27)10-12-20(19)33-25(26)17-9-11-21(30-2)22(13-17)31-3/h4-15H,1-3H3. The third-order valence-electron chi connectivity index (χ3n) is 5.18. The number of carbonyl (C=O) groups is 1. The molecule has 0 aliphatic rings. The highest BCUT2D eigenvalue weighted by molar-refractivity contribution is 6.31. The molecule has 0 fully saturated rings. The topological polar surface area (TPSA) is 75.0 Å². The zero-order valence-electron chi connectivity index (χ0n) is 18.3. The van der Waals surface area contributed by atoms with Crippen LogP contribution in [0.15, 0.2) is 75.9 Å². The van der Waals surface area contributed by atoms with E-state index in [9.17, 15) is 9.59 Å². The highest BCUT2D eigenvalue weighted by atomic mass is 35.5. The van der Waals surface area contributed by atoms with Crippen molar-refractivity contribution in [3.05, 3.63) is 87.5 Å². The van der Waals surface area contributed by atoms with Gasteiger partial charge in [0.05, 0.1) is 19.6 Å². The van der Waals surface area contributed by atoms with E-state index in [1.54, 1.807) is 61.5 Å². The molecule has 0 N–H and O–H groups in total. The molecule has 6 nitrogen and oxygen atoms in total. The van der Waals surface area contributed by atoms with Crippen molar-refractivity contribution in [2.24, 2.45) is 0 Å². The molecule has 1 unspecified atom stereocenters. The molecule has 3 aromatic carbocycles. The van der Waals surface area contributed by atoms with Gasteiger partial charge in [0, 0.05) is 16.1 Å². The summed E-state index contributed by atoms with van der Waals surface area (Å²) in [4.78, 5) is 26.3. The minimum absolute atomic E-state index is 0.0891. The molecule has 0 spiro atoms. The quantitative estimate of drug-likeness (QED) is 0.323. The van der Waals surface area contributed by atoms with Gasteiger partial charge in [0.25, 0.3) is 0 Å². The van der Waals surface area contributed by atoms with E-state index in [1.807, 2.05) is 6.07 Å². The smallest absolute Gasteiger partial charge is 0.235 e. The number of fused-ring (bicyclic) bond motifs is 1. The number of rotatable bonds is 7. The van der Waals surface area contributed by atoms with E-state index in [4.69, 9.17) is 30.2 Å². The van der Waals surface area contributed by atoms with Crippen LogP contribution in [0, 0.1) is 0 Å². The maximum atomic E-state index is 13.4. The van der Waals surface area contributed by atoms with Crippen LogP contribution in [0.25, 0.3) is 22.3 Å². The molecular weight excluding hydrogens is 444 g/mol. The molecule has 168 valence electrons. The lowest BCUT2D eigenvalue weighted by Gasteiger charge is -2.17. The minimum Gasteiger partial charge on any atom is -0.493 e. The SMILES string of the molecule is COc1ccc(-c2oc3ccc(Cl)cc3c(=O)c2OC(C)C(=O)c2ccccc2)cc1OC. The van der Waals surface area contributed by atoms with Crippen molar-refractivity contribution in [2.45, 2.75) is 13.0 Å². The molecule has 0 aliphatic carbocycles. The molecule has 1 atom stereocenters. The summed E-state index contributed by atoms with van der Waals surface area (Å²) in [6, 6.07) is 18.6. The maximum absolute atomic E-state index is 13.4. The number of carbonyl (C=O) groups excluding carboxylic acids is 1. The average molecular weight is 465 g/mol. The summed E-state index contributed by atoms with van der Waals surface area (Å²) in [7, 11) is 3.04. The van der Waals surface area contributed by atoms with Crippen LogP contribution in [0.4, 0.5) is 0 Å². The van der Waals surface area contributed by atoms with Crippen LogP contribution in [0.2, 0.25) is 5.02 Å². The highest BCUT2D eigenvalue weighted by Gasteiger charge is 2.24. The van der Waals surface area contributed by atoms with Crippen LogP contribution >= 0.6 is 11.6 Å². The van der Waals surface area contributed by atoms with E-state index in [0.29, 0.717) is 33.2 Å². The van der Waals surface area contributed by atoms with Crippen LogP contribution in [0.5, 0.6) is 17.2 Å². The second kappa shape index (κ2) is 9.38. The summed E-state index contributed by atoms with van der Waals surface area (Å²) in [5.41, 5.74) is 0.904. The number of ketones is 1. The van der Waals surface area contributed by atoms with Gasteiger partial charge in [-0.25, -0.2) is 0 Å². The van der Waals surface area contributed by atoms with Crippen molar-refractivity contribution in [3.8, 4) is 28.6 Å². The van der Waals surface area contributed by atoms with Crippen LogP contribution in [0.3, 0.4) is 0 Å². The molecule has 0 saturated heterocycles. The Morgan fingerprint density at radius 2 is 1.67 bits per heavy atom. The van der Waals surface area contributed by atoms with Crippen molar-refractivity contribution in [3.63, 3.8) is 0 Å². The Labute approximate surface area is 195 Å². The number of hydrogen-bond donors (Lipinski definition) is 0. The Bertz CT molecular complexity index is 1380. The molecule has 7 heteroatoms. The lowest BCUT2D eigenvalue weighted by molar-refractivity contribution is 0.0815. The number of halogens is 1. The van der Waals surface area contributed by atoms with Gasteiger partial charge >= 0.3 is 0 Å². The normalized spacial score (nSPS) is 11.8. The Morgan fingerprint density at radius 3 is 2.36 bits per heavy atom. The number of hydrogen-bond acceptors (Lipinski definition) is 6. The monoisotopic (exact) mass is 464 g/mol. The van der Waals surface area contributed by atoms with Crippen molar-refractivity contribution in [2.75, 3.05) is 14.2 Å². The summed E-state index contributed by atoms with van der Waals surface area (Å²) in [5, 5.41) is 0.633. The predicted octanol–water partition coefficient (Wildman–Crippen LogP) is 5.78. The molecule has 4 rings (SSSR count). The predicted molar refractivity (Wildman–Crippen MR) is 127 cm³/mol. The van der Waals surface area contributed by atoms with Gasteiger partial charge in [0.1, 0.15) is 5.58 Å². The molecule has 1 heterocycles. The first-order valence-electron chi connectivity index (χ1n) is 10.2. The summed E-state index contributed by atoms with van der Waals surface area (Å²) in [5.74, 6) is 0.788. The maximum Gasteiger partial charge on any atom is 0.235 e. The van der Waals surface area contributed by atoms with Gasteiger partial charge in [-0.2, -0.15) is 0 Å². The fourth-order valence-electron chi connectivity index (χ4n) is 3.49. The fraction of sp³-hybridized carbons (Fsp3) is 0.154. The van der Waals surface area contributed by atoms with E-state index in [-0.39, 0.29) is 22.7 Å². The molecule has 1 aromatic heterocycles. The van der Waals surface area contributed by atoms with Gasteiger partial charge in [-0.15, -0.1) is 0 Å². The van der Waals surface area contributed by atoms with Gasteiger partial charge in [-0.3, -0.25) is 9.59 Å². The molecule has 33 heavy (non-hydrogen) atoms. The highest BCUT2D eigenvalue weighted by Crippen LogP contribution is 2.37. The molecule has 0 radical (unpaired) electrons. The van der Waals surface area contributed by atoms with E-state index in [0.717, 1.165) is 0 Å². The lowest BCUT2D eigenvalue weighted by Crippen LogP contribution is -2.26. The fourth-order valence-corrected chi connectivity index (χ4v) is 3.66. The number of ether oxygens (including phenoxy) is 3. The Balaban J connectivity index is 1.87. The Kier molecular flexibility index (Phi) is 6.38. The van der Waals surface area contributed by atoms with Crippen LogP contribution in [-0.4, -0.2) is 26.1 Å². The Morgan fingerprint density at radius 1 is 0.939 bits per heavy atom. The zero-order valence-corrected chi connectivity index (χ0v) is 19.0. The molecule has 0 saturated carbocycles. The van der Waals surface area contributed by atoms with E-state index < -0.39 is 11.5 Å². The van der Waals surface area contributed by atoms with Gasteiger partial charge < -0.3 is 18.6 Å². The van der Waals surface area contributed by atoms with Gasteiger partial charge in [0.15, 0.2) is 23.4 Å². The van der Waals surface area contributed by atoms with E-state index >= 15 is 0 Å². The van der Waals surface area contributed by atoms with Crippen molar-refractivity contribution >= 4 is 28.4 Å². The van der Waals surface area contributed by atoms with Crippen molar-refractivity contribution in [1.82, 2.24) is 0 Å². The van der Waals surface area contributed by atoms with Gasteiger partial charge in [0.2, 0.25) is 17.0 Å². The van der Waals surface area contributed by atoms with E-state index in [2.05, 4.69) is 0 Å². The van der Waals surface area contributed by atoms with Crippen molar-refractivity contribution < 1.29 is 23.4 Å². The number of Topliss-reactive ketones (excluding diaryl/α,β-unsaturated/α-hetero) is 1. The van der Waals surface area contributed by atoms with E-state index in [1.165, 1.54) is 20.3 Å². The molecule has 0 bridgehead atoms. The lowest BCUT2D eigenvalue weighted by atomic mass is 10.1. The van der Waals surface area contributed by atoms with Crippen LogP contribution in [-0.2, 0) is 0 Å². The second-order valence-corrected chi connectivity index (χ2v) is 7.73. The largest absolute Gasteiger partial charge is 0.493 e. The van der Waals surface area contributed by atoms with Crippen LogP contribution < -0.4 is 19.6 Å². The molecule has 4 aromatic rings. The van der Waals surface area contributed by atoms with Gasteiger partial charge in [-0.05, 0) is 43.3 Å². The second-order valence-electron chi connectivity index (χ2n) is 7.29. The first-order chi connectivity index (χ1) is 15.9. The first-order valence-corrected chi connectivity index (χ1v) is 10.6. The average Bonchev–Trinajstić information content (AvgIpc) is 2.85. The number of benzene rings is 3. The van der Waals surface area contributed by atoms with Crippen LogP contribution in [0.1, 0.15) is 17.3 Å². The number of methoxy groups -OCH3 is 2. The summed E-state index contributed by atoms with van der Waals surface area (Å²) in [6.07, 6.45) is -0.939. The summed E-state index contributed by atoms with van der Waals surface area (Å²) in [6.45, 7) is 1.59. The first kappa shape index (κ1) is 22.4. The zero-order chi connectivity index (χ0) is 23.5. The minimum atomic E-state index is -0.939. The third kappa shape index (κ3) is 4.43. The Hall–Kier alpha value is -3.77. The third-order valence-corrected chi connectivity index (χ3v) is 5.41. The summed E-state index contributed by atoms with van der Waals surface area (Å²) < 4.78 is 22.7. The summed E-state index contributed by atoms with van der Waals surface area (Å²) >= 11 is 6.10. The van der Waals surface area contributed by atoms with Gasteiger partial charge in [-0.1, -0.05) is 41.9 Å².